The highest BCUT2D eigenvalue weighted by molar-refractivity contribution is 5.88. The van der Waals surface area contributed by atoms with Crippen molar-refractivity contribution in [3.05, 3.63) is 0 Å². The summed E-state index contributed by atoms with van der Waals surface area (Å²) in [5.74, 6) is -0.577. The summed E-state index contributed by atoms with van der Waals surface area (Å²) >= 11 is 0. The smallest absolute Gasteiger partial charge is 0.326 e. The molecule has 0 bridgehead atoms. The molecule has 114 valence electrons. The predicted octanol–water partition coefficient (Wildman–Crippen LogP) is 1.33. The van der Waals surface area contributed by atoms with Crippen molar-refractivity contribution in [2.24, 2.45) is 17.3 Å². The molecule has 2 saturated heterocycles. The molecular weight excluding hydrogens is 256 g/mol. The van der Waals surface area contributed by atoms with Gasteiger partial charge in [0, 0.05) is 13.1 Å². The number of amides is 1. The second-order valence-corrected chi connectivity index (χ2v) is 6.64. The molecule has 0 aromatic carbocycles. The predicted molar refractivity (Wildman–Crippen MR) is 76.3 cm³/mol. The number of likely N-dealkylation sites (tertiary alicyclic amines) is 1. The number of carboxylic acid groups (broad SMARTS) is 1. The molecule has 0 saturated carbocycles. The van der Waals surface area contributed by atoms with Gasteiger partial charge in [0.05, 0.1) is 5.41 Å². The molecule has 0 aromatic rings. The molecule has 2 fully saturated rings. The van der Waals surface area contributed by atoms with E-state index in [9.17, 15) is 14.7 Å². The van der Waals surface area contributed by atoms with Gasteiger partial charge in [0.1, 0.15) is 6.04 Å². The average Bonchev–Trinajstić information content (AvgIpc) is 2.87. The van der Waals surface area contributed by atoms with Crippen LogP contribution in [0.25, 0.3) is 0 Å². The summed E-state index contributed by atoms with van der Waals surface area (Å²) in [6.45, 7) is 8.15. The fourth-order valence-electron chi connectivity index (χ4n) is 3.71. The van der Waals surface area contributed by atoms with Crippen LogP contribution in [0.3, 0.4) is 0 Å². The summed E-state index contributed by atoms with van der Waals surface area (Å²) < 4.78 is 0. The molecule has 2 N–H and O–H groups in total. The van der Waals surface area contributed by atoms with E-state index < -0.39 is 17.4 Å². The molecule has 0 aromatic heterocycles. The lowest BCUT2D eigenvalue weighted by atomic mass is 9.74. The Bertz CT molecular complexity index is 389. The Morgan fingerprint density at radius 2 is 2.10 bits per heavy atom. The molecule has 2 rings (SSSR count). The van der Waals surface area contributed by atoms with E-state index in [0.717, 1.165) is 25.8 Å². The van der Waals surface area contributed by atoms with Crippen molar-refractivity contribution in [2.45, 2.75) is 46.1 Å². The zero-order valence-electron chi connectivity index (χ0n) is 12.7. The Kier molecular flexibility index (Phi) is 4.37. The molecule has 2 aliphatic rings. The third kappa shape index (κ3) is 2.43. The van der Waals surface area contributed by atoms with Crippen molar-refractivity contribution in [3.63, 3.8) is 0 Å². The van der Waals surface area contributed by atoms with E-state index >= 15 is 0 Å². The molecule has 5 heteroatoms. The van der Waals surface area contributed by atoms with Crippen molar-refractivity contribution < 1.29 is 14.7 Å². The zero-order valence-corrected chi connectivity index (χ0v) is 12.7. The Hall–Kier alpha value is -1.10. The van der Waals surface area contributed by atoms with Gasteiger partial charge in [-0.2, -0.15) is 0 Å². The number of nitrogens with zero attached hydrogens (tertiary/aromatic N) is 1. The van der Waals surface area contributed by atoms with Crippen molar-refractivity contribution >= 4 is 11.9 Å². The van der Waals surface area contributed by atoms with Crippen molar-refractivity contribution in [1.29, 1.82) is 0 Å². The first-order valence-electron chi connectivity index (χ1n) is 7.65. The maximum atomic E-state index is 13.0. The number of nitrogens with one attached hydrogen (secondary N) is 1. The van der Waals surface area contributed by atoms with E-state index in [-0.39, 0.29) is 17.7 Å². The maximum Gasteiger partial charge on any atom is 0.326 e. The highest BCUT2D eigenvalue weighted by atomic mass is 16.4. The number of hydrogen-bond donors (Lipinski definition) is 2. The third-order valence-corrected chi connectivity index (χ3v) is 5.17. The van der Waals surface area contributed by atoms with Crippen LogP contribution >= 0.6 is 0 Å². The van der Waals surface area contributed by atoms with Crippen LogP contribution in [0.15, 0.2) is 0 Å². The molecular formula is C15H26N2O3. The number of piperidine rings is 1. The third-order valence-electron chi connectivity index (χ3n) is 5.17. The van der Waals surface area contributed by atoms with Gasteiger partial charge in [0.15, 0.2) is 0 Å². The van der Waals surface area contributed by atoms with Gasteiger partial charge in [-0.15, -0.1) is 0 Å². The summed E-state index contributed by atoms with van der Waals surface area (Å²) in [7, 11) is 0. The number of aliphatic carboxylic acids is 1. The topological polar surface area (TPSA) is 69.6 Å². The first kappa shape index (κ1) is 15.3. The van der Waals surface area contributed by atoms with E-state index in [1.807, 2.05) is 6.92 Å². The summed E-state index contributed by atoms with van der Waals surface area (Å²) in [4.78, 5) is 26.2. The standard InChI is InChI=1S/C15H26N2O3/c1-10(2)15(6-7-16-9-15)14(20)17-8-4-5-11(3)12(17)13(18)19/h10-12,16H,4-9H2,1-3H3,(H,18,19). The molecule has 1 amide bonds. The molecule has 0 radical (unpaired) electrons. The lowest BCUT2D eigenvalue weighted by molar-refractivity contribution is -0.161. The van der Waals surface area contributed by atoms with Gasteiger partial charge in [-0.1, -0.05) is 20.8 Å². The lowest BCUT2D eigenvalue weighted by Crippen LogP contribution is -2.58. The van der Waals surface area contributed by atoms with Crippen LogP contribution in [-0.2, 0) is 9.59 Å². The monoisotopic (exact) mass is 282 g/mol. The van der Waals surface area contributed by atoms with Gasteiger partial charge in [-0.25, -0.2) is 4.79 Å². The summed E-state index contributed by atoms with van der Waals surface area (Å²) in [5.41, 5.74) is -0.426. The normalized spacial score (nSPS) is 34.5. The largest absolute Gasteiger partial charge is 0.480 e. The maximum absolute atomic E-state index is 13.0. The van der Waals surface area contributed by atoms with Gasteiger partial charge >= 0.3 is 5.97 Å². The Balaban J connectivity index is 2.27. The zero-order chi connectivity index (χ0) is 14.9. The molecule has 2 aliphatic heterocycles. The van der Waals surface area contributed by atoms with Crippen LogP contribution in [-0.4, -0.2) is 47.6 Å². The van der Waals surface area contributed by atoms with Gasteiger partial charge in [0.2, 0.25) is 5.91 Å². The average molecular weight is 282 g/mol. The Labute approximate surface area is 120 Å². The van der Waals surface area contributed by atoms with Gasteiger partial charge in [0.25, 0.3) is 0 Å². The summed E-state index contributed by atoms with van der Waals surface area (Å²) in [6, 6.07) is -0.660. The minimum Gasteiger partial charge on any atom is -0.480 e. The van der Waals surface area contributed by atoms with Crippen LogP contribution in [0.4, 0.5) is 0 Å². The van der Waals surface area contributed by atoms with Crippen LogP contribution in [0.1, 0.15) is 40.0 Å². The molecule has 0 spiro atoms. The summed E-state index contributed by atoms with van der Waals surface area (Å²) in [6.07, 6.45) is 2.59. The Morgan fingerprint density at radius 1 is 1.40 bits per heavy atom. The minimum atomic E-state index is -0.865. The second kappa shape index (κ2) is 5.72. The number of carbonyl (C=O) groups excluding carboxylic acids is 1. The number of rotatable bonds is 3. The first-order valence-corrected chi connectivity index (χ1v) is 7.65. The van der Waals surface area contributed by atoms with E-state index in [1.54, 1.807) is 4.90 Å². The van der Waals surface area contributed by atoms with E-state index in [4.69, 9.17) is 0 Å². The van der Waals surface area contributed by atoms with Crippen molar-refractivity contribution in [2.75, 3.05) is 19.6 Å². The molecule has 20 heavy (non-hydrogen) atoms. The first-order chi connectivity index (χ1) is 9.40. The fourth-order valence-corrected chi connectivity index (χ4v) is 3.71. The molecule has 3 atom stereocenters. The second-order valence-electron chi connectivity index (χ2n) is 6.64. The molecule has 3 unspecified atom stereocenters. The van der Waals surface area contributed by atoms with Crippen LogP contribution < -0.4 is 5.32 Å². The van der Waals surface area contributed by atoms with E-state index in [1.165, 1.54) is 0 Å². The number of hydrogen-bond acceptors (Lipinski definition) is 3. The summed E-state index contributed by atoms with van der Waals surface area (Å²) in [5, 5.41) is 12.8. The van der Waals surface area contributed by atoms with Crippen molar-refractivity contribution in [1.82, 2.24) is 10.2 Å². The van der Waals surface area contributed by atoms with Crippen LogP contribution in [0.5, 0.6) is 0 Å². The highest BCUT2D eigenvalue weighted by Crippen LogP contribution is 2.38. The Morgan fingerprint density at radius 3 is 2.60 bits per heavy atom. The highest BCUT2D eigenvalue weighted by Gasteiger charge is 2.49. The molecule has 5 nitrogen and oxygen atoms in total. The lowest BCUT2D eigenvalue weighted by Gasteiger charge is -2.43. The fraction of sp³-hybridized carbons (Fsp3) is 0.867. The minimum absolute atomic E-state index is 0.0313. The molecule has 2 heterocycles. The van der Waals surface area contributed by atoms with Gasteiger partial charge < -0.3 is 15.3 Å². The SMILES string of the molecule is CC1CCCN(C(=O)C2(C(C)C)CCNC2)C1C(=O)O. The van der Waals surface area contributed by atoms with Crippen LogP contribution in [0, 0.1) is 17.3 Å². The van der Waals surface area contributed by atoms with Crippen LogP contribution in [0.2, 0.25) is 0 Å². The number of carboxylic acids is 1. The van der Waals surface area contributed by atoms with Gasteiger partial charge in [-0.3, -0.25) is 4.79 Å². The van der Waals surface area contributed by atoms with Gasteiger partial charge in [-0.05, 0) is 37.6 Å². The quantitative estimate of drug-likeness (QED) is 0.819. The van der Waals surface area contributed by atoms with E-state index in [2.05, 4.69) is 19.2 Å². The van der Waals surface area contributed by atoms with Crippen molar-refractivity contribution in [3.8, 4) is 0 Å². The molecule has 0 aliphatic carbocycles. The number of carbonyl (C=O) groups is 2. The van der Waals surface area contributed by atoms with E-state index in [0.29, 0.717) is 13.1 Å².